The van der Waals surface area contributed by atoms with Gasteiger partial charge in [-0.25, -0.2) is 0 Å². The van der Waals surface area contributed by atoms with Crippen molar-refractivity contribution >= 4 is 17.5 Å². The van der Waals surface area contributed by atoms with Crippen molar-refractivity contribution in [3.8, 4) is 11.5 Å². The summed E-state index contributed by atoms with van der Waals surface area (Å²) in [6.07, 6.45) is 5.50. The summed E-state index contributed by atoms with van der Waals surface area (Å²) >= 11 is 0. The number of hydrogen-bond acceptors (Lipinski definition) is 5. The van der Waals surface area contributed by atoms with Gasteiger partial charge in [0.25, 0.3) is 5.91 Å². The van der Waals surface area contributed by atoms with E-state index < -0.39 is 6.04 Å². The third kappa shape index (κ3) is 5.66. The number of benzene rings is 2. The number of nitrogens with zero attached hydrogens (tertiary/aromatic N) is 1. The molecule has 1 atom stereocenters. The second kappa shape index (κ2) is 11.5. The van der Waals surface area contributed by atoms with Crippen LogP contribution in [0, 0.1) is 6.92 Å². The molecule has 1 saturated carbocycles. The van der Waals surface area contributed by atoms with Crippen molar-refractivity contribution in [1.82, 2.24) is 5.32 Å². The lowest BCUT2D eigenvalue weighted by molar-refractivity contribution is -0.123. The smallest absolute Gasteiger partial charge is 0.262 e. The van der Waals surface area contributed by atoms with Gasteiger partial charge in [0.2, 0.25) is 5.91 Å². The van der Waals surface area contributed by atoms with E-state index in [1.54, 1.807) is 50.3 Å². The fourth-order valence-corrected chi connectivity index (χ4v) is 4.93. The van der Waals surface area contributed by atoms with Gasteiger partial charge in [-0.05, 0) is 61.6 Å². The normalized spacial score (nSPS) is 14.4. The molecule has 0 bridgehead atoms. The molecule has 2 aromatic carbocycles. The number of hydrogen-bond donors (Lipinski definition) is 1. The molecular weight excluding hydrogens is 468 g/mol. The van der Waals surface area contributed by atoms with Crippen molar-refractivity contribution in [2.45, 2.75) is 64.5 Å². The number of ether oxygens (including phenoxy) is 2. The fourth-order valence-electron chi connectivity index (χ4n) is 4.93. The minimum absolute atomic E-state index is 0.0789. The summed E-state index contributed by atoms with van der Waals surface area (Å²) in [5, 5.41) is 3.21. The lowest BCUT2D eigenvalue weighted by atomic mass is 9.98. The Bertz CT molecular complexity index is 1230. The standard InChI is InChI=1S/C30H36N2O5/c1-19(2)21-10-12-23(13-11-21)32(30(34)25-16-17-37-20(25)3)28(29(33)31-22-8-6-7-9-22)26-15-14-24(35-4)18-27(26)36-5/h10-19,22,28H,6-9H2,1-5H3,(H,31,33)/t28-/m0/s1. The van der Waals surface area contributed by atoms with Crippen LogP contribution in [0.1, 0.15) is 78.7 Å². The molecule has 7 heteroatoms. The molecule has 4 rings (SSSR count). The Morgan fingerprint density at radius 2 is 1.70 bits per heavy atom. The Kier molecular flexibility index (Phi) is 8.21. The van der Waals surface area contributed by atoms with Crippen molar-refractivity contribution in [2.24, 2.45) is 0 Å². The molecule has 2 amide bonds. The van der Waals surface area contributed by atoms with Gasteiger partial charge in [0.1, 0.15) is 23.3 Å². The lowest BCUT2D eigenvalue weighted by Gasteiger charge is -2.33. The maximum absolute atomic E-state index is 14.1. The molecule has 7 nitrogen and oxygen atoms in total. The summed E-state index contributed by atoms with van der Waals surface area (Å²) in [5.41, 5.74) is 2.73. The Morgan fingerprint density at radius 1 is 1.00 bits per heavy atom. The van der Waals surface area contributed by atoms with E-state index in [0.29, 0.717) is 40.0 Å². The van der Waals surface area contributed by atoms with E-state index in [2.05, 4.69) is 19.2 Å². The third-order valence-electron chi connectivity index (χ3n) is 7.09. The number of aryl methyl sites for hydroxylation is 1. The molecule has 0 aliphatic heterocycles. The van der Waals surface area contributed by atoms with Crippen LogP contribution < -0.4 is 19.7 Å². The SMILES string of the molecule is COc1ccc([C@@H](C(=O)NC2CCCC2)N(C(=O)c2ccoc2C)c2ccc(C(C)C)cc2)c(OC)c1. The van der Waals surface area contributed by atoms with Gasteiger partial charge in [-0.15, -0.1) is 0 Å². The number of methoxy groups -OCH3 is 2. The van der Waals surface area contributed by atoms with Gasteiger partial charge in [0.05, 0.1) is 26.0 Å². The largest absolute Gasteiger partial charge is 0.497 e. The Balaban J connectivity index is 1.88. The Morgan fingerprint density at radius 3 is 2.27 bits per heavy atom. The summed E-state index contributed by atoms with van der Waals surface area (Å²) in [5.74, 6) is 1.31. The predicted molar refractivity (Wildman–Crippen MR) is 143 cm³/mol. The van der Waals surface area contributed by atoms with Crippen molar-refractivity contribution in [3.63, 3.8) is 0 Å². The number of anilines is 1. The van der Waals surface area contributed by atoms with Crippen molar-refractivity contribution < 1.29 is 23.5 Å². The maximum atomic E-state index is 14.1. The molecule has 0 radical (unpaired) electrons. The first-order valence-corrected chi connectivity index (χ1v) is 12.8. The monoisotopic (exact) mass is 504 g/mol. The number of amides is 2. The van der Waals surface area contributed by atoms with Crippen LogP contribution in [-0.2, 0) is 4.79 Å². The summed E-state index contributed by atoms with van der Waals surface area (Å²) < 4.78 is 16.6. The second-order valence-corrected chi connectivity index (χ2v) is 9.81. The highest BCUT2D eigenvalue weighted by Gasteiger charge is 2.37. The van der Waals surface area contributed by atoms with Gasteiger partial charge in [-0.3, -0.25) is 14.5 Å². The molecule has 1 aromatic heterocycles. The average Bonchev–Trinajstić information content (AvgIpc) is 3.58. The highest BCUT2D eigenvalue weighted by Crippen LogP contribution is 2.37. The van der Waals surface area contributed by atoms with Gasteiger partial charge in [-0.2, -0.15) is 0 Å². The number of carbonyl (C=O) groups is 2. The first-order chi connectivity index (χ1) is 17.8. The van der Waals surface area contributed by atoms with E-state index in [1.807, 2.05) is 24.3 Å². The van der Waals surface area contributed by atoms with Crippen LogP contribution in [0.5, 0.6) is 11.5 Å². The number of rotatable bonds is 9. The first-order valence-electron chi connectivity index (χ1n) is 12.8. The lowest BCUT2D eigenvalue weighted by Crippen LogP contribution is -2.46. The Hall–Kier alpha value is -3.74. The summed E-state index contributed by atoms with van der Waals surface area (Å²) in [6.45, 7) is 5.98. The van der Waals surface area contributed by atoms with Crippen LogP contribution in [0.3, 0.4) is 0 Å². The van der Waals surface area contributed by atoms with Crippen LogP contribution in [0.15, 0.2) is 59.2 Å². The van der Waals surface area contributed by atoms with Crippen molar-refractivity contribution in [1.29, 1.82) is 0 Å². The predicted octanol–water partition coefficient (Wildman–Crippen LogP) is 6.18. The molecule has 1 heterocycles. The van der Waals surface area contributed by atoms with E-state index in [9.17, 15) is 9.59 Å². The molecule has 0 saturated heterocycles. The van der Waals surface area contributed by atoms with Gasteiger partial charge < -0.3 is 19.2 Å². The Labute approximate surface area is 218 Å². The van der Waals surface area contributed by atoms with Crippen LogP contribution in [-0.4, -0.2) is 32.1 Å². The van der Waals surface area contributed by atoms with Gasteiger partial charge in [0.15, 0.2) is 0 Å². The molecule has 0 unspecified atom stereocenters. The van der Waals surface area contributed by atoms with Gasteiger partial charge >= 0.3 is 0 Å². The average molecular weight is 505 g/mol. The summed E-state index contributed by atoms with van der Waals surface area (Å²) in [7, 11) is 3.13. The first kappa shape index (κ1) is 26.3. The van der Waals surface area contributed by atoms with Crippen molar-refractivity contribution in [2.75, 3.05) is 19.1 Å². The zero-order valence-corrected chi connectivity index (χ0v) is 22.2. The maximum Gasteiger partial charge on any atom is 0.262 e. The zero-order chi connectivity index (χ0) is 26.5. The van der Waals surface area contributed by atoms with Crippen LogP contribution in [0.2, 0.25) is 0 Å². The minimum atomic E-state index is -0.979. The second-order valence-electron chi connectivity index (χ2n) is 9.81. The van der Waals surface area contributed by atoms with Crippen LogP contribution in [0.4, 0.5) is 5.69 Å². The quantitative estimate of drug-likeness (QED) is 0.377. The number of carbonyl (C=O) groups excluding carboxylic acids is 2. The van der Waals surface area contributed by atoms with E-state index in [0.717, 1.165) is 31.2 Å². The summed E-state index contributed by atoms with van der Waals surface area (Å²) in [4.78, 5) is 29.8. The van der Waals surface area contributed by atoms with Crippen molar-refractivity contribution in [3.05, 3.63) is 77.2 Å². The van der Waals surface area contributed by atoms with Gasteiger partial charge in [-0.1, -0.05) is 38.8 Å². The molecule has 1 N–H and O–H groups in total. The van der Waals surface area contributed by atoms with E-state index in [4.69, 9.17) is 13.9 Å². The highest BCUT2D eigenvalue weighted by molar-refractivity contribution is 6.10. The van der Waals surface area contributed by atoms with Crippen LogP contribution in [0.25, 0.3) is 0 Å². The van der Waals surface area contributed by atoms with E-state index in [1.165, 1.54) is 6.26 Å². The minimum Gasteiger partial charge on any atom is -0.497 e. The topological polar surface area (TPSA) is 81.0 Å². The van der Waals surface area contributed by atoms with E-state index in [-0.39, 0.29) is 17.9 Å². The number of furan rings is 1. The molecule has 3 aromatic rings. The van der Waals surface area contributed by atoms with Crippen LogP contribution >= 0.6 is 0 Å². The molecule has 196 valence electrons. The highest BCUT2D eigenvalue weighted by atomic mass is 16.5. The molecule has 1 aliphatic carbocycles. The molecule has 0 spiro atoms. The molecular formula is C30H36N2O5. The zero-order valence-electron chi connectivity index (χ0n) is 22.2. The van der Waals surface area contributed by atoms with E-state index >= 15 is 0 Å². The number of nitrogens with one attached hydrogen (secondary N) is 1. The fraction of sp³-hybridized carbons (Fsp3) is 0.400. The summed E-state index contributed by atoms with van der Waals surface area (Å²) in [6, 6.07) is 13.8. The molecule has 1 fully saturated rings. The molecule has 1 aliphatic rings. The molecule has 37 heavy (non-hydrogen) atoms. The third-order valence-corrected chi connectivity index (χ3v) is 7.09. The van der Waals surface area contributed by atoms with Gasteiger partial charge in [0, 0.05) is 23.4 Å².